The molecule has 0 unspecified atom stereocenters. The highest BCUT2D eigenvalue weighted by molar-refractivity contribution is 9.10. The minimum atomic E-state index is -3.73. The first-order chi connectivity index (χ1) is 15.5. The Bertz CT molecular complexity index is 1040. The second-order valence-electron chi connectivity index (χ2n) is 8.07. The summed E-state index contributed by atoms with van der Waals surface area (Å²) in [5.41, 5.74) is 2.32. The number of carbonyl (C=O) groups is 2. The van der Waals surface area contributed by atoms with E-state index in [1.165, 1.54) is 4.90 Å². The van der Waals surface area contributed by atoms with Crippen LogP contribution in [0.1, 0.15) is 37.8 Å². The number of sulfonamides is 1. The molecule has 180 valence electrons. The fourth-order valence-electron chi connectivity index (χ4n) is 3.23. The van der Waals surface area contributed by atoms with Gasteiger partial charge in [-0.15, -0.1) is 0 Å². The van der Waals surface area contributed by atoms with Gasteiger partial charge in [-0.05, 0) is 50.1 Å². The zero-order chi connectivity index (χ0) is 24.6. The summed E-state index contributed by atoms with van der Waals surface area (Å²) >= 11 is 3.33. The third-order valence-electron chi connectivity index (χ3n) is 5.26. The van der Waals surface area contributed by atoms with E-state index in [1.54, 1.807) is 31.2 Å². The van der Waals surface area contributed by atoms with Crippen LogP contribution in [-0.2, 0) is 26.2 Å². The molecule has 2 rings (SSSR count). The molecule has 1 atom stereocenters. The van der Waals surface area contributed by atoms with Crippen LogP contribution in [0.4, 0.5) is 5.69 Å². The number of aryl methyl sites for hydroxylation is 1. The van der Waals surface area contributed by atoms with Gasteiger partial charge < -0.3 is 10.2 Å². The first kappa shape index (κ1) is 26.9. The number of amides is 2. The number of nitrogens with one attached hydrogen (secondary N) is 1. The van der Waals surface area contributed by atoms with Crippen molar-refractivity contribution in [3.05, 3.63) is 64.1 Å². The Labute approximate surface area is 205 Å². The lowest BCUT2D eigenvalue weighted by Gasteiger charge is -2.31. The highest BCUT2D eigenvalue weighted by Crippen LogP contribution is 2.21. The van der Waals surface area contributed by atoms with E-state index in [0.29, 0.717) is 12.2 Å². The molecule has 2 amide bonds. The maximum atomic E-state index is 13.4. The van der Waals surface area contributed by atoms with Crippen LogP contribution < -0.4 is 9.62 Å². The van der Waals surface area contributed by atoms with Gasteiger partial charge in [-0.2, -0.15) is 0 Å². The van der Waals surface area contributed by atoms with Crippen molar-refractivity contribution < 1.29 is 18.0 Å². The fraction of sp³-hybridized carbons (Fsp3) is 0.417. The van der Waals surface area contributed by atoms with Crippen LogP contribution in [0.25, 0.3) is 0 Å². The van der Waals surface area contributed by atoms with E-state index in [4.69, 9.17) is 0 Å². The van der Waals surface area contributed by atoms with Crippen molar-refractivity contribution in [1.29, 1.82) is 0 Å². The van der Waals surface area contributed by atoms with Crippen molar-refractivity contribution >= 4 is 43.5 Å². The van der Waals surface area contributed by atoms with Gasteiger partial charge in [0.25, 0.3) is 0 Å². The molecule has 0 radical (unpaired) electrons. The van der Waals surface area contributed by atoms with Gasteiger partial charge in [0.1, 0.15) is 12.6 Å². The van der Waals surface area contributed by atoms with Gasteiger partial charge in [-0.3, -0.25) is 13.9 Å². The normalized spacial score (nSPS) is 12.2. The van der Waals surface area contributed by atoms with E-state index >= 15 is 0 Å². The predicted octanol–water partition coefficient (Wildman–Crippen LogP) is 3.86. The van der Waals surface area contributed by atoms with Crippen molar-refractivity contribution in [2.24, 2.45) is 0 Å². The predicted molar refractivity (Wildman–Crippen MR) is 135 cm³/mol. The first-order valence-electron chi connectivity index (χ1n) is 10.9. The largest absolute Gasteiger partial charge is 0.354 e. The molecule has 0 fully saturated rings. The molecule has 2 aromatic carbocycles. The van der Waals surface area contributed by atoms with E-state index in [0.717, 1.165) is 39.0 Å². The van der Waals surface area contributed by atoms with Gasteiger partial charge in [-0.1, -0.05) is 59.1 Å². The summed E-state index contributed by atoms with van der Waals surface area (Å²) in [5.74, 6) is -0.722. The monoisotopic (exact) mass is 537 g/mol. The fourth-order valence-corrected chi connectivity index (χ4v) is 4.34. The zero-order valence-electron chi connectivity index (χ0n) is 19.5. The van der Waals surface area contributed by atoms with Gasteiger partial charge in [-0.25, -0.2) is 8.42 Å². The van der Waals surface area contributed by atoms with Crippen LogP contribution in [0.15, 0.2) is 53.0 Å². The third-order valence-corrected chi connectivity index (χ3v) is 6.93. The Kier molecular flexibility index (Phi) is 9.91. The lowest BCUT2D eigenvalue weighted by molar-refractivity contribution is -0.139. The van der Waals surface area contributed by atoms with Gasteiger partial charge in [0.2, 0.25) is 21.8 Å². The standard InChI is InChI=1S/C24H32BrN3O4S/c1-5-6-15-26-24(30)19(3)27(16-20-9-7-18(2)8-10-20)23(29)17-28(33(4,31)32)22-13-11-21(25)12-14-22/h7-14,19H,5-6,15-17H2,1-4H3,(H,26,30)/t19-/m1/s1. The molecule has 0 heterocycles. The van der Waals surface area contributed by atoms with E-state index in [2.05, 4.69) is 21.2 Å². The molecule has 0 aliphatic rings. The molecule has 9 heteroatoms. The highest BCUT2D eigenvalue weighted by atomic mass is 79.9. The van der Waals surface area contributed by atoms with E-state index in [-0.39, 0.29) is 12.5 Å². The topological polar surface area (TPSA) is 86.8 Å². The minimum Gasteiger partial charge on any atom is -0.354 e. The number of rotatable bonds is 11. The highest BCUT2D eigenvalue weighted by Gasteiger charge is 2.29. The average molecular weight is 539 g/mol. The molecular weight excluding hydrogens is 506 g/mol. The van der Waals surface area contributed by atoms with E-state index in [9.17, 15) is 18.0 Å². The SMILES string of the molecule is CCCCNC(=O)[C@@H](C)N(Cc1ccc(C)cc1)C(=O)CN(c1ccc(Br)cc1)S(C)(=O)=O. The molecule has 33 heavy (non-hydrogen) atoms. The van der Waals surface area contributed by atoms with Crippen LogP contribution in [0.5, 0.6) is 0 Å². The molecule has 0 bridgehead atoms. The summed E-state index contributed by atoms with van der Waals surface area (Å²) in [6.07, 6.45) is 2.85. The van der Waals surface area contributed by atoms with Gasteiger partial charge in [0.05, 0.1) is 11.9 Å². The third kappa shape index (κ3) is 8.16. The molecule has 0 aliphatic carbocycles. The molecule has 0 spiro atoms. The Hall–Kier alpha value is -2.39. The van der Waals surface area contributed by atoms with Crippen LogP contribution in [0.2, 0.25) is 0 Å². The minimum absolute atomic E-state index is 0.194. The molecular formula is C24H32BrN3O4S. The number of halogens is 1. The van der Waals surface area contributed by atoms with Crippen molar-refractivity contribution in [2.45, 2.75) is 46.2 Å². The number of anilines is 1. The molecule has 1 N–H and O–H groups in total. The quantitative estimate of drug-likeness (QED) is 0.441. The lowest BCUT2D eigenvalue weighted by Crippen LogP contribution is -2.51. The maximum absolute atomic E-state index is 13.4. The summed E-state index contributed by atoms with van der Waals surface area (Å²) in [6, 6.07) is 13.6. The summed E-state index contributed by atoms with van der Waals surface area (Å²) in [4.78, 5) is 27.6. The number of hydrogen-bond donors (Lipinski definition) is 1. The van der Waals surface area contributed by atoms with E-state index in [1.807, 2.05) is 38.1 Å². The Balaban J connectivity index is 2.32. The Morgan fingerprint density at radius 1 is 1.06 bits per heavy atom. The molecule has 2 aromatic rings. The number of carbonyl (C=O) groups excluding carboxylic acids is 2. The molecule has 0 aliphatic heterocycles. The summed E-state index contributed by atoms with van der Waals surface area (Å²) in [5, 5.41) is 2.87. The lowest BCUT2D eigenvalue weighted by atomic mass is 10.1. The van der Waals surface area contributed by atoms with Gasteiger partial charge in [0, 0.05) is 17.6 Å². The van der Waals surface area contributed by atoms with Crippen LogP contribution >= 0.6 is 15.9 Å². The van der Waals surface area contributed by atoms with Crippen LogP contribution in [0, 0.1) is 6.92 Å². The van der Waals surface area contributed by atoms with Crippen molar-refractivity contribution in [2.75, 3.05) is 23.7 Å². The summed E-state index contributed by atoms with van der Waals surface area (Å²) in [6.45, 7) is 5.99. The van der Waals surface area contributed by atoms with Crippen molar-refractivity contribution in [3.63, 3.8) is 0 Å². The Morgan fingerprint density at radius 3 is 2.21 bits per heavy atom. The van der Waals surface area contributed by atoms with E-state index < -0.39 is 28.5 Å². The molecule has 0 saturated carbocycles. The summed E-state index contributed by atoms with van der Waals surface area (Å²) in [7, 11) is -3.73. The Morgan fingerprint density at radius 2 is 1.67 bits per heavy atom. The second-order valence-corrected chi connectivity index (χ2v) is 10.9. The number of nitrogens with zero attached hydrogens (tertiary/aromatic N) is 2. The van der Waals surface area contributed by atoms with Crippen LogP contribution in [-0.4, -0.2) is 50.5 Å². The molecule has 0 aromatic heterocycles. The van der Waals surface area contributed by atoms with Crippen molar-refractivity contribution in [3.8, 4) is 0 Å². The van der Waals surface area contributed by atoms with Gasteiger partial charge >= 0.3 is 0 Å². The van der Waals surface area contributed by atoms with Crippen LogP contribution in [0.3, 0.4) is 0 Å². The number of unbranched alkanes of at least 4 members (excludes halogenated alkanes) is 1. The van der Waals surface area contributed by atoms with Gasteiger partial charge in [0.15, 0.2) is 0 Å². The molecule has 0 saturated heterocycles. The molecule has 7 nitrogen and oxygen atoms in total. The zero-order valence-corrected chi connectivity index (χ0v) is 21.9. The van der Waals surface area contributed by atoms with Crippen molar-refractivity contribution in [1.82, 2.24) is 10.2 Å². The smallest absolute Gasteiger partial charge is 0.244 e. The number of hydrogen-bond acceptors (Lipinski definition) is 4. The summed E-state index contributed by atoms with van der Waals surface area (Å²) < 4.78 is 26.9. The first-order valence-corrected chi connectivity index (χ1v) is 13.5. The number of benzene rings is 2. The second kappa shape index (κ2) is 12.2. The maximum Gasteiger partial charge on any atom is 0.244 e. The average Bonchev–Trinajstić information content (AvgIpc) is 2.76.